The van der Waals surface area contributed by atoms with E-state index in [4.69, 9.17) is 5.14 Å². The minimum absolute atomic E-state index is 0.0502. The van der Waals surface area contributed by atoms with Crippen molar-refractivity contribution in [3.63, 3.8) is 0 Å². The van der Waals surface area contributed by atoms with Gasteiger partial charge in [-0.05, 0) is 62.4 Å². The van der Waals surface area contributed by atoms with E-state index in [2.05, 4.69) is 10.4 Å². The predicted octanol–water partition coefficient (Wildman–Crippen LogP) is 2.46. The van der Waals surface area contributed by atoms with E-state index in [1.165, 1.54) is 54.6 Å². The Labute approximate surface area is 171 Å². The molecule has 0 amide bonds. The van der Waals surface area contributed by atoms with Gasteiger partial charge in [-0.15, -0.1) is 0 Å². The van der Waals surface area contributed by atoms with Gasteiger partial charge in [-0.25, -0.2) is 22.6 Å². The standard InChI is InChI=1S/C20H19FN4O4S/c1-12(23-15-5-3-14(21)4-6-15)11-18(26)19-13(2)24-25(20(19)27)16-7-9-17(10-8-16)30(22,28)29/h3-11,23-24H,1-2H3,(H2,22,28,29). The van der Waals surface area contributed by atoms with Gasteiger partial charge in [-0.1, -0.05) is 0 Å². The molecular weight excluding hydrogens is 411 g/mol. The molecule has 30 heavy (non-hydrogen) atoms. The smallest absolute Gasteiger partial charge is 0.282 e. The van der Waals surface area contributed by atoms with Crippen LogP contribution >= 0.6 is 0 Å². The van der Waals surface area contributed by atoms with Crippen molar-refractivity contribution in [2.24, 2.45) is 5.14 Å². The highest BCUT2D eigenvalue weighted by Crippen LogP contribution is 2.14. The first-order chi connectivity index (χ1) is 14.1. The lowest BCUT2D eigenvalue weighted by atomic mass is 10.1. The molecule has 0 atom stereocenters. The van der Waals surface area contributed by atoms with Gasteiger partial charge in [0.15, 0.2) is 5.78 Å². The average Bonchev–Trinajstić information content (AvgIpc) is 2.97. The van der Waals surface area contributed by atoms with Crippen molar-refractivity contribution in [3.05, 3.63) is 87.7 Å². The monoisotopic (exact) mass is 430 g/mol. The predicted molar refractivity (Wildman–Crippen MR) is 111 cm³/mol. The van der Waals surface area contributed by atoms with E-state index in [-0.39, 0.29) is 16.3 Å². The first-order valence-electron chi connectivity index (χ1n) is 8.76. The third-order valence-electron chi connectivity index (χ3n) is 4.27. The normalized spacial score (nSPS) is 12.1. The van der Waals surface area contributed by atoms with E-state index in [1.54, 1.807) is 13.8 Å². The van der Waals surface area contributed by atoms with E-state index in [1.807, 2.05) is 0 Å². The number of sulfonamides is 1. The van der Waals surface area contributed by atoms with Gasteiger partial charge in [0.1, 0.15) is 11.4 Å². The van der Waals surface area contributed by atoms with Crippen molar-refractivity contribution < 1.29 is 17.6 Å². The molecule has 0 aliphatic heterocycles. The Hall–Kier alpha value is -3.50. The van der Waals surface area contributed by atoms with Gasteiger partial charge < -0.3 is 5.32 Å². The Balaban J connectivity index is 1.88. The zero-order chi connectivity index (χ0) is 22.1. The molecule has 0 fully saturated rings. The van der Waals surface area contributed by atoms with Crippen molar-refractivity contribution in [2.45, 2.75) is 18.7 Å². The number of hydrogen-bond donors (Lipinski definition) is 3. The SMILES string of the molecule is CC(=CC(=O)c1c(C)[nH]n(-c2ccc(S(N)(=O)=O)cc2)c1=O)Nc1ccc(F)cc1. The van der Waals surface area contributed by atoms with Gasteiger partial charge in [-0.3, -0.25) is 14.7 Å². The maximum absolute atomic E-state index is 13.0. The minimum atomic E-state index is -3.86. The van der Waals surface area contributed by atoms with Crippen molar-refractivity contribution in [2.75, 3.05) is 5.32 Å². The van der Waals surface area contributed by atoms with Crippen LogP contribution in [0.3, 0.4) is 0 Å². The highest BCUT2D eigenvalue weighted by atomic mass is 32.2. The zero-order valence-electron chi connectivity index (χ0n) is 16.1. The molecule has 0 spiro atoms. The summed E-state index contributed by atoms with van der Waals surface area (Å²) in [5, 5.41) is 10.8. The average molecular weight is 430 g/mol. The van der Waals surface area contributed by atoms with Crippen LogP contribution in [0.2, 0.25) is 0 Å². The lowest BCUT2D eigenvalue weighted by molar-refractivity contribution is 0.104. The van der Waals surface area contributed by atoms with Gasteiger partial charge in [-0.2, -0.15) is 0 Å². The van der Waals surface area contributed by atoms with Crippen LogP contribution in [0.4, 0.5) is 10.1 Å². The number of nitrogens with one attached hydrogen (secondary N) is 2. The van der Waals surface area contributed by atoms with Gasteiger partial charge in [0, 0.05) is 23.2 Å². The fraction of sp³-hybridized carbons (Fsp3) is 0.100. The third kappa shape index (κ3) is 4.56. The Morgan fingerprint density at radius 2 is 1.73 bits per heavy atom. The number of aryl methyl sites for hydroxylation is 1. The summed E-state index contributed by atoms with van der Waals surface area (Å²) in [5.74, 6) is -0.889. The van der Waals surface area contributed by atoms with E-state index in [0.717, 1.165) is 4.68 Å². The maximum Gasteiger partial charge on any atom is 0.282 e. The number of H-pyrrole nitrogens is 1. The molecule has 0 unspecified atom stereocenters. The van der Waals surface area contributed by atoms with Crippen molar-refractivity contribution in [1.82, 2.24) is 9.78 Å². The number of allylic oxidation sites excluding steroid dienone is 2. The van der Waals surface area contributed by atoms with Crippen LogP contribution in [0.1, 0.15) is 23.0 Å². The van der Waals surface area contributed by atoms with Crippen LogP contribution in [0.25, 0.3) is 5.69 Å². The van der Waals surface area contributed by atoms with Crippen LogP contribution in [-0.2, 0) is 10.0 Å². The molecule has 10 heteroatoms. The first-order valence-corrected chi connectivity index (χ1v) is 10.3. The summed E-state index contributed by atoms with van der Waals surface area (Å²) in [6.07, 6.45) is 1.27. The van der Waals surface area contributed by atoms with Crippen LogP contribution in [0.5, 0.6) is 0 Å². The molecular formula is C20H19FN4O4S. The first kappa shape index (κ1) is 21.2. The zero-order valence-corrected chi connectivity index (χ0v) is 17.0. The number of halogens is 1. The number of carbonyl (C=O) groups excluding carboxylic acids is 1. The minimum Gasteiger partial charge on any atom is -0.359 e. The van der Waals surface area contributed by atoms with Crippen LogP contribution in [0.15, 0.2) is 70.0 Å². The van der Waals surface area contributed by atoms with Crippen LogP contribution < -0.4 is 16.0 Å². The number of carbonyl (C=O) groups is 1. The van der Waals surface area contributed by atoms with Crippen molar-refractivity contribution in [3.8, 4) is 5.69 Å². The molecule has 0 bridgehead atoms. The summed E-state index contributed by atoms with van der Waals surface area (Å²) in [4.78, 5) is 25.3. The van der Waals surface area contributed by atoms with Gasteiger partial charge in [0.05, 0.1) is 10.6 Å². The molecule has 1 heterocycles. The van der Waals surface area contributed by atoms with Gasteiger partial charge in [0.2, 0.25) is 10.0 Å². The Kier molecular flexibility index (Phi) is 5.72. The number of aromatic nitrogens is 2. The molecule has 3 aromatic rings. The molecule has 0 aliphatic rings. The molecule has 0 radical (unpaired) electrons. The number of nitrogens with two attached hydrogens (primary N) is 1. The second kappa shape index (κ2) is 8.09. The van der Waals surface area contributed by atoms with Crippen molar-refractivity contribution in [1.29, 1.82) is 0 Å². The molecule has 0 saturated heterocycles. The fourth-order valence-electron chi connectivity index (χ4n) is 2.87. The van der Waals surface area contributed by atoms with E-state index < -0.39 is 21.4 Å². The quantitative estimate of drug-likeness (QED) is 0.409. The molecule has 2 aromatic carbocycles. The number of anilines is 1. The summed E-state index contributed by atoms with van der Waals surface area (Å²) in [6.45, 7) is 3.23. The van der Waals surface area contributed by atoms with Crippen LogP contribution in [0, 0.1) is 12.7 Å². The number of benzene rings is 2. The summed E-state index contributed by atoms with van der Waals surface area (Å²) in [5.41, 5.74) is 1.13. The highest BCUT2D eigenvalue weighted by molar-refractivity contribution is 7.89. The summed E-state index contributed by atoms with van der Waals surface area (Å²) < 4.78 is 36.9. The Morgan fingerprint density at radius 1 is 1.13 bits per heavy atom. The number of ketones is 1. The second-order valence-electron chi connectivity index (χ2n) is 6.61. The van der Waals surface area contributed by atoms with Gasteiger partial charge in [0.25, 0.3) is 5.56 Å². The fourth-order valence-corrected chi connectivity index (χ4v) is 3.38. The van der Waals surface area contributed by atoms with Crippen LogP contribution in [-0.4, -0.2) is 24.0 Å². The number of aromatic amines is 1. The highest BCUT2D eigenvalue weighted by Gasteiger charge is 2.18. The Morgan fingerprint density at radius 3 is 2.30 bits per heavy atom. The molecule has 4 N–H and O–H groups in total. The third-order valence-corrected chi connectivity index (χ3v) is 5.20. The molecule has 3 rings (SSSR count). The summed E-state index contributed by atoms with van der Waals surface area (Å²) in [7, 11) is -3.86. The van der Waals surface area contributed by atoms with E-state index >= 15 is 0 Å². The molecule has 1 aromatic heterocycles. The summed E-state index contributed by atoms with van der Waals surface area (Å²) in [6, 6.07) is 11.0. The number of nitrogens with zero attached hydrogens (tertiary/aromatic N) is 1. The lowest BCUT2D eigenvalue weighted by Gasteiger charge is -2.05. The molecule has 0 aliphatic carbocycles. The molecule has 0 saturated carbocycles. The van der Waals surface area contributed by atoms with E-state index in [9.17, 15) is 22.4 Å². The van der Waals surface area contributed by atoms with E-state index in [0.29, 0.717) is 22.8 Å². The second-order valence-corrected chi connectivity index (χ2v) is 8.18. The lowest BCUT2D eigenvalue weighted by Crippen LogP contribution is -2.20. The number of rotatable bonds is 6. The number of hydrogen-bond acceptors (Lipinski definition) is 5. The molecule has 156 valence electrons. The topological polar surface area (TPSA) is 127 Å². The molecule has 8 nitrogen and oxygen atoms in total. The Bertz CT molecular complexity index is 1290. The number of primary sulfonamides is 1. The van der Waals surface area contributed by atoms with Gasteiger partial charge >= 0.3 is 0 Å². The summed E-state index contributed by atoms with van der Waals surface area (Å²) >= 11 is 0. The van der Waals surface area contributed by atoms with Crippen molar-refractivity contribution >= 4 is 21.5 Å². The largest absolute Gasteiger partial charge is 0.359 e. The maximum atomic E-state index is 13.0.